The molecule has 3 rings (SSSR count). The summed E-state index contributed by atoms with van der Waals surface area (Å²) in [5.41, 5.74) is 9.15. The van der Waals surface area contributed by atoms with Gasteiger partial charge in [0.25, 0.3) is 0 Å². The molecular weight excluding hydrogens is 445 g/mol. The molecule has 0 heterocycles. The molecule has 0 aliphatic rings. The van der Waals surface area contributed by atoms with Crippen LogP contribution < -0.4 is 10.5 Å². The Kier molecular flexibility index (Phi) is 7.45. The van der Waals surface area contributed by atoms with Crippen LogP contribution in [0.1, 0.15) is 28.8 Å². The van der Waals surface area contributed by atoms with Crippen molar-refractivity contribution in [2.75, 3.05) is 0 Å². The van der Waals surface area contributed by atoms with E-state index in [1.807, 2.05) is 67.6 Å². The number of sulfonamides is 1. The molecule has 0 aliphatic heterocycles. The predicted molar refractivity (Wildman–Crippen MR) is 104 cm³/mol. The van der Waals surface area contributed by atoms with Gasteiger partial charge in [-0.05, 0) is 30.2 Å². The summed E-state index contributed by atoms with van der Waals surface area (Å²) in [4.78, 5) is 0.226. The smallest absolute Gasteiger partial charge is 0.241 e. The van der Waals surface area contributed by atoms with E-state index in [4.69, 9.17) is 5.73 Å². The molecule has 0 saturated carbocycles. The molecule has 0 aliphatic carbocycles. The Morgan fingerprint density at radius 1 is 0.778 bits per heavy atom. The third-order valence-electron chi connectivity index (χ3n) is 4.32. The average Bonchev–Trinajstić information content (AvgIpc) is 2.67. The van der Waals surface area contributed by atoms with Crippen molar-refractivity contribution < 1.29 is 27.9 Å². The van der Waals surface area contributed by atoms with Crippen LogP contribution in [-0.4, -0.2) is 8.42 Å². The van der Waals surface area contributed by atoms with Gasteiger partial charge in [-0.15, -0.1) is 0 Å². The van der Waals surface area contributed by atoms with E-state index in [2.05, 4.69) is 4.72 Å². The maximum absolute atomic E-state index is 12.9. The fourth-order valence-corrected chi connectivity index (χ4v) is 4.08. The number of nitrogens with one attached hydrogen (secondary N) is 1. The topological polar surface area (TPSA) is 72.2 Å². The minimum absolute atomic E-state index is 0. The van der Waals surface area contributed by atoms with E-state index in [1.165, 1.54) is 0 Å². The van der Waals surface area contributed by atoms with Gasteiger partial charge < -0.3 is 5.73 Å². The van der Waals surface area contributed by atoms with Gasteiger partial charge in [0.05, 0.1) is 17.0 Å². The molecule has 27 heavy (non-hydrogen) atoms. The van der Waals surface area contributed by atoms with Crippen LogP contribution in [0.5, 0.6) is 0 Å². The van der Waals surface area contributed by atoms with Crippen molar-refractivity contribution in [3.63, 3.8) is 0 Å². The molecule has 0 aromatic heterocycles. The second-order valence-electron chi connectivity index (χ2n) is 6.26. The van der Waals surface area contributed by atoms with Gasteiger partial charge in [-0.2, -0.15) is 0 Å². The quantitative estimate of drug-likeness (QED) is 0.543. The molecular formula is C21H22N2O2RuS. The summed E-state index contributed by atoms with van der Waals surface area (Å²) in [6, 6.07) is 24.6. The summed E-state index contributed by atoms with van der Waals surface area (Å²) in [6.07, 6.45) is 0. The normalized spacial score (nSPS) is 13.4. The Balaban J connectivity index is 0.00000261. The molecule has 0 amide bonds. The molecule has 2 atom stereocenters. The molecule has 0 saturated heterocycles. The van der Waals surface area contributed by atoms with Crippen LogP contribution in [0.15, 0.2) is 89.8 Å². The van der Waals surface area contributed by atoms with E-state index in [-0.39, 0.29) is 24.4 Å². The molecule has 3 aromatic rings. The third-order valence-corrected chi connectivity index (χ3v) is 5.77. The van der Waals surface area contributed by atoms with Crippen molar-refractivity contribution in [2.24, 2.45) is 5.73 Å². The summed E-state index contributed by atoms with van der Waals surface area (Å²) in [6.45, 7) is 1.92. The molecule has 0 spiro atoms. The molecule has 3 N–H and O–H groups in total. The Hall–Kier alpha value is -1.85. The maximum Gasteiger partial charge on any atom is 0.241 e. The van der Waals surface area contributed by atoms with Gasteiger partial charge in [0.15, 0.2) is 0 Å². The Morgan fingerprint density at radius 3 is 1.78 bits per heavy atom. The Morgan fingerprint density at radius 2 is 1.26 bits per heavy atom. The van der Waals surface area contributed by atoms with E-state index in [0.717, 1.165) is 16.7 Å². The molecule has 3 aromatic carbocycles. The molecule has 2 unspecified atom stereocenters. The third kappa shape index (κ3) is 5.33. The zero-order chi connectivity index (χ0) is 18.6. The van der Waals surface area contributed by atoms with Crippen LogP contribution in [0.25, 0.3) is 0 Å². The fourth-order valence-electron chi connectivity index (χ4n) is 2.83. The number of nitrogens with two attached hydrogens (primary N) is 1. The van der Waals surface area contributed by atoms with Crippen molar-refractivity contribution in [1.29, 1.82) is 0 Å². The fraction of sp³-hybridized carbons (Fsp3) is 0.143. The van der Waals surface area contributed by atoms with Gasteiger partial charge in [0, 0.05) is 19.5 Å². The summed E-state index contributed by atoms with van der Waals surface area (Å²) in [7, 11) is -3.71. The summed E-state index contributed by atoms with van der Waals surface area (Å²) in [5.74, 6) is 0. The number of aryl methyl sites for hydroxylation is 1. The van der Waals surface area contributed by atoms with E-state index in [1.54, 1.807) is 24.3 Å². The number of rotatable bonds is 6. The van der Waals surface area contributed by atoms with Gasteiger partial charge in [0.2, 0.25) is 10.0 Å². The monoisotopic (exact) mass is 468 g/mol. The van der Waals surface area contributed by atoms with Gasteiger partial charge in [-0.1, -0.05) is 78.4 Å². The zero-order valence-electron chi connectivity index (χ0n) is 14.9. The number of hydrogen-bond acceptors (Lipinski definition) is 3. The minimum atomic E-state index is -3.71. The Bertz CT molecular complexity index is 946. The van der Waals surface area contributed by atoms with E-state index >= 15 is 0 Å². The van der Waals surface area contributed by atoms with Gasteiger partial charge >= 0.3 is 0 Å². The molecule has 6 heteroatoms. The van der Waals surface area contributed by atoms with E-state index in [9.17, 15) is 8.42 Å². The number of hydrogen-bond donors (Lipinski definition) is 2. The molecule has 142 valence electrons. The van der Waals surface area contributed by atoms with Crippen molar-refractivity contribution >= 4 is 10.0 Å². The van der Waals surface area contributed by atoms with Crippen LogP contribution in [0.3, 0.4) is 0 Å². The first-order chi connectivity index (χ1) is 12.5. The van der Waals surface area contributed by atoms with Crippen molar-refractivity contribution in [1.82, 2.24) is 4.72 Å². The van der Waals surface area contributed by atoms with Crippen LogP contribution in [0.2, 0.25) is 0 Å². The Labute approximate surface area is 173 Å². The largest absolute Gasteiger partial charge is 0.322 e. The van der Waals surface area contributed by atoms with E-state index in [0.29, 0.717) is 0 Å². The summed E-state index contributed by atoms with van der Waals surface area (Å²) < 4.78 is 28.6. The molecule has 0 bridgehead atoms. The first-order valence-corrected chi connectivity index (χ1v) is 9.90. The van der Waals surface area contributed by atoms with Crippen LogP contribution in [0, 0.1) is 6.92 Å². The maximum atomic E-state index is 12.9. The molecule has 4 nitrogen and oxygen atoms in total. The second kappa shape index (κ2) is 9.38. The van der Waals surface area contributed by atoms with Gasteiger partial charge in [-0.25, -0.2) is 13.1 Å². The minimum Gasteiger partial charge on any atom is -0.322 e. The second-order valence-corrected chi connectivity index (χ2v) is 7.97. The zero-order valence-corrected chi connectivity index (χ0v) is 17.4. The van der Waals surface area contributed by atoms with E-state index < -0.39 is 22.1 Å². The molecule has 0 fully saturated rings. The van der Waals surface area contributed by atoms with Crippen LogP contribution in [-0.2, 0) is 29.5 Å². The first-order valence-electron chi connectivity index (χ1n) is 8.42. The summed E-state index contributed by atoms with van der Waals surface area (Å²) >= 11 is 0. The first kappa shape index (κ1) is 21.5. The molecule has 0 radical (unpaired) electrons. The standard InChI is InChI=1S/C21H22N2O2S.Ru/c1-16-12-14-19(15-13-16)26(24,25)23-21(18-10-6-3-7-11-18)20(22)17-8-4-2-5-9-17;/h2-15,20-21,23H,22H2,1H3;. The van der Waals surface area contributed by atoms with Gasteiger partial charge in [0.1, 0.15) is 0 Å². The van der Waals surface area contributed by atoms with Crippen molar-refractivity contribution in [2.45, 2.75) is 23.9 Å². The van der Waals surface area contributed by atoms with Gasteiger partial charge in [-0.3, -0.25) is 0 Å². The van der Waals surface area contributed by atoms with Crippen LogP contribution in [0.4, 0.5) is 0 Å². The summed E-state index contributed by atoms with van der Waals surface area (Å²) in [5, 5.41) is 0. The average molecular weight is 468 g/mol. The number of benzene rings is 3. The predicted octanol–water partition coefficient (Wildman–Crippen LogP) is 3.71. The van der Waals surface area contributed by atoms with Crippen molar-refractivity contribution in [3.05, 3.63) is 102 Å². The SMILES string of the molecule is Cc1ccc(S(=O)(=O)NC(c2ccccc2)C(N)c2ccccc2)cc1.[Ru]. The van der Waals surface area contributed by atoms with Crippen molar-refractivity contribution in [3.8, 4) is 0 Å². The van der Waals surface area contributed by atoms with Crippen LogP contribution >= 0.6 is 0 Å².